The summed E-state index contributed by atoms with van der Waals surface area (Å²) in [5.41, 5.74) is 1.13. The molecule has 138 valence electrons. The summed E-state index contributed by atoms with van der Waals surface area (Å²) in [6.07, 6.45) is 4.30. The molecule has 0 aliphatic rings. The standard InChI is InChI=1S/C19H28N4O.HI/c1-4-20-19(21-10-13-23-11-5-6-12-23)22-15-17-8-7-9-18(14-17)24-16(2)3;/h5-9,11-12,14,16H,4,10,13,15H2,1-3H3,(H2,20,21,22);1H. The van der Waals surface area contributed by atoms with Crippen molar-refractivity contribution in [2.45, 2.75) is 40.0 Å². The van der Waals surface area contributed by atoms with Gasteiger partial charge in [0, 0.05) is 32.0 Å². The van der Waals surface area contributed by atoms with Crippen molar-refractivity contribution in [3.63, 3.8) is 0 Å². The third-order valence-electron chi connectivity index (χ3n) is 3.36. The first kappa shape index (κ1) is 21.3. The van der Waals surface area contributed by atoms with Gasteiger partial charge in [-0.1, -0.05) is 12.1 Å². The zero-order valence-electron chi connectivity index (χ0n) is 15.2. The third-order valence-corrected chi connectivity index (χ3v) is 3.36. The van der Waals surface area contributed by atoms with E-state index >= 15 is 0 Å². The fourth-order valence-electron chi connectivity index (χ4n) is 2.32. The fourth-order valence-corrected chi connectivity index (χ4v) is 2.32. The Morgan fingerprint density at radius 3 is 2.60 bits per heavy atom. The Morgan fingerprint density at radius 1 is 1.16 bits per heavy atom. The molecule has 0 unspecified atom stereocenters. The average molecular weight is 456 g/mol. The molecule has 6 heteroatoms. The SMILES string of the molecule is CCNC(=NCc1cccc(OC(C)C)c1)NCCn1cccc1.I. The first-order chi connectivity index (χ1) is 11.7. The van der Waals surface area contributed by atoms with Gasteiger partial charge in [-0.05, 0) is 50.6 Å². The number of nitrogens with zero attached hydrogens (tertiary/aromatic N) is 2. The molecule has 2 aromatic rings. The molecule has 0 bridgehead atoms. The molecule has 0 amide bonds. The van der Waals surface area contributed by atoms with Crippen LogP contribution in [0.2, 0.25) is 0 Å². The Bertz CT molecular complexity index is 626. The van der Waals surface area contributed by atoms with Gasteiger partial charge in [0.25, 0.3) is 0 Å². The summed E-state index contributed by atoms with van der Waals surface area (Å²) in [6, 6.07) is 12.2. The number of hydrogen-bond acceptors (Lipinski definition) is 2. The molecule has 0 saturated heterocycles. The van der Waals surface area contributed by atoms with Gasteiger partial charge in [0.1, 0.15) is 5.75 Å². The first-order valence-corrected chi connectivity index (χ1v) is 8.56. The van der Waals surface area contributed by atoms with Gasteiger partial charge in [0.15, 0.2) is 5.96 Å². The van der Waals surface area contributed by atoms with E-state index in [1.807, 2.05) is 44.2 Å². The number of halogens is 1. The van der Waals surface area contributed by atoms with E-state index in [2.05, 4.69) is 45.6 Å². The second-order valence-corrected chi connectivity index (χ2v) is 5.86. The van der Waals surface area contributed by atoms with Crippen molar-refractivity contribution in [2.75, 3.05) is 13.1 Å². The topological polar surface area (TPSA) is 50.6 Å². The Balaban J connectivity index is 0.00000312. The molecule has 1 aromatic carbocycles. The lowest BCUT2D eigenvalue weighted by molar-refractivity contribution is 0.242. The van der Waals surface area contributed by atoms with Gasteiger partial charge in [-0.2, -0.15) is 0 Å². The van der Waals surface area contributed by atoms with E-state index in [1.165, 1.54) is 0 Å². The molecule has 0 aliphatic heterocycles. The largest absolute Gasteiger partial charge is 0.491 e. The summed E-state index contributed by atoms with van der Waals surface area (Å²) in [6.45, 7) is 9.33. The summed E-state index contributed by atoms with van der Waals surface area (Å²) in [7, 11) is 0. The zero-order chi connectivity index (χ0) is 17.2. The van der Waals surface area contributed by atoms with E-state index in [1.54, 1.807) is 0 Å². The summed E-state index contributed by atoms with van der Waals surface area (Å²) in [5, 5.41) is 6.64. The first-order valence-electron chi connectivity index (χ1n) is 8.56. The molecule has 1 heterocycles. The van der Waals surface area contributed by atoms with Crippen LogP contribution in [0.15, 0.2) is 53.8 Å². The minimum absolute atomic E-state index is 0. The van der Waals surface area contributed by atoms with Crippen molar-refractivity contribution in [3.8, 4) is 5.75 Å². The predicted octanol–water partition coefficient (Wildman–Crippen LogP) is 3.65. The van der Waals surface area contributed by atoms with Gasteiger partial charge < -0.3 is 19.9 Å². The number of nitrogens with one attached hydrogen (secondary N) is 2. The lowest BCUT2D eigenvalue weighted by Gasteiger charge is -2.12. The summed E-state index contributed by atoms with van der Waals surface area (Å²) >= 11 is 0. The van der Waals surface area contributed by atoms with Crippen LogP contribution in [0.5, 0.6) is 5.75 Å². The third kappa shape index (κ3) is 8.29. The second-order valence-electron chi connectivity index (χ2n) is 5.86. The molecule has 2 N–H and O–H groups in total. The zero-order valence-corrected chi connectivity index (χ0v) is 17.6. The maximum Gasteiger partial charge on any atom is 0.191 e. The van der Waals surface area contributed by atoms with Crippen molar-refractivity contribution in [3.05, 3.63) is 54.4 Å². The highest BCUT2D eigenvalue weighted by Gasteiger charge is 2.01. The summed E-state index contributed by atoms with van der Waals surface area (Å²) < 4.78 is 7.88. The molecule has 0 aliphatic carbocycles. The highest BCUT2D eigenvalue weighted by Crippen LogP contribution is 2.15. The highest BCUT2D eigenvalue weighted by molar-refractivity contribution is 14.0. The van der Waals surface area contributed by atoms with Gasteiger partial charge in [0.2, 0.25) is 0 Å². The van der Waals surface area contributed by atoms with Crippen LogP contribution >= 0.6 is 24.0 Å². The normalized spacial score (nSPS) is 11.1. The Hall–Kier alpha value is -1.70. The smallest absolute Gasteiger partial charge is 0.191 e. The second kappa shape index (κ2) is 11.8. The van der Waals surface area contributed by atoms with E-state index in [0.717, 1.165) is 36.9 Å². The van der Waals surface area contributed by atoms with Crippen LogP contribution in [0.25, 0.3) is 0 Å². The van der Waals surface area contributed by atoms with Gasteiger partial charge >= 0.3 is 0 Å². The van der Waals surface area contributed by atoms with E-state index < -0.39 is 0 Å². The molecule has 0 radical (unpaired) electrons. The van der Waals surface area contributed by atoms with Gasteiger partial charge in [-0.25, -0.2) is 4.99 Å². The Labute approximate surface area is 167 Å². The van der Waals surface area contributed by atoms with Gasteiger partial charge in [-0.15, -0.1) is 24.0 Å². The van der Waals surface area contributed by atoms with Crippen molar-refractivity contribution in [2.24, 2.45) is 4.99 Å². The maximum atomic E-state index is 5.73. The Morgan fingerprint density at radius 2 is 1.92 bits per heavy atom. The fraction of sp³-hybridized carbons (Fsp3) is 0.421. The minimum Gasteiger partial charge on any atom is -0.491 e. The van der Waals surface area contributed by atoms with Crippen LogP contribution < -0.4 is 15.4 Å². The number of aliphatic imine (C=N–C) groups is 1. The molecule has 5 nitrogen and oxygen atoms in total. The molecule has 0 atom stereocenters. The van der Waals surface area contributed by atoms with Crippen LogP contribution in [0.4, 0.5) is 0 Å². The molecule has 0 spiro atoms. The summed E-state index contributed by atoms with van der Waals surface area (Å²) in [5.74, 6) is 1.73. The quantitative estimate of drug-likeness (QED) is 0.362. The number of rotatable bonds is 8. The van der Waals surface area contributed by atoms with E-state index in [9.17, 15) is 0 Å². The molecular formula is C19H29IN4O. The van der Waals surface area contributed by atoms with Crippen molar-refractivity contribution in [1.29, 1.82) is 0 Å². The lowest BCUT2D eigenvalue weighted by atomic mass is 10.2. The summed E-state index contributed by atoms with van der Waals surface area (Å²) in [4.78, 5) is 4.65. The molecule has 0 fully saturated rings. The number of aromatic nitrogens is 1. The van der Waals surface area contributed by atoms with Crippen LogP contribution in [0.3, 0.4) is 0 Å². The van der Waals surface area contributed by atoms with Gasteiger partial charge in [0.05, 0.1) is 12.6 Å². The molecule has 1 aromatic heterocycles. The number of benzene rings is 1. The molecule has 0 saturated carbocycles. The molecule has 25 heavy (non-hydrogen) atoms. The van der Waals surface area contributed by atoms with Crippen LogP contribution in [0.1, 0.15) is 26.3 Å². The van der Waals surface area contributed by atoms with E-state index in [4.69, 9.17) is 4.74 Å². The highest BCUT2D eigenvalue weighted by atomic mass is 127. The van der Waals surface area contributed by atoms with Crippen molar-refractivity contribution < 1.29 is 4.74 Å². The van der Waals surface area contributed by atoms with E-state index in [-0.39, 0.29) is 30.1 Å². The van der Waals surface area contributed by atoms with Crippen molar-refractivity contribution in [1.82, 2.24) is 15.2 Å². The van der Waals surface area contributed by atoms with Crippen LogP contribution in [-0.4, -0.2) is 29.7 Å². The molecule has 2 rings (SSSR count). The maximum absolute atomic E-state index is 5.73. The van der Waals surface area contributed by atoms with E-state index in [0.29, 0.717) is 6.54 Å². The lowest BCUT2D eigenvalue weighted by Crippen LogP contribution is -2.38. The Kier molecular flexibility index (Phi) is 10.1. The van der Waals surface area contributed by atoms with Crippen LogP contribution in [0, 0.1) is 0 Å². The molecular weight excluding hydrogens is 427 g/mol. The van der Waals surface area contributed by atoms with Gasteiger partial charge in [-0.3, -0.25) is 0 Å². The number of hydrogen-bond donors (Lipinski definition) is 2. The monoisotopic (exact) mass is 456 g/mol. The predicted molar refractivity (Wildman–Crippen MR) is 115 cm³/mol. The van der Waals surface area contributed by atoms with Crippen LogP contribution in [-0.2, 0) is 13.1 Å². The van der Waals surface area contributed by atoms with Crippen molar-refractivity contribution >= 4 is 29.9 Å². The average Bonchev–Trinajstić information content (AvgIpc) is 3.06. The minimum atomic E-state index is 0. The number of guanidine groups is 1. The number of ether oxygens (including phenoxy) is 1.